The molecule has 1 rings (SSSR count). The Kier molecular flexibility index (Phi) is 5.72. The molecule has 1 unspecified atom stereocenters. The van der Waals surface area contributed by atoms with Crippen LogP contribution in [0.1, 0.15) is 32.4 Å². The van der Waals surface area contributed by atoms with Crippen LogP contribution in [0.25, 0.3) is 0 Å². The standard InChI is InChI=1S/C16H27N3O/c1-16(2,3)14(17)15(20)18-11-13(19(4)5)12-9-7-6-8-10-12/h6-10,13-14H,11,17H2,1-5H3,(H,18,20)/t13?,14-/m0/s1. The van der Waals surface area contributed by atoms with E-state index in [1.54, 1.807) is 0 Å². The summed E-state index contributed by atoms with van der Waals surface area (Å²) in [7, 11) is 4.01. The molecule has 4 heteroatoms. The van der Waals surface area contributed by atoms with E-state index in [0.717, 1.165) is 0 Å². The van der Waals surface area contributed by atoms with Gasteiger partial charge in [0.25, 0.3) is 0 Å². The fraction of sp³-hybridized carbons (Fsp3) is 0.562. The number of nitrogens with two attached hydrogens (primary N) is 1. The Bertz CT molecular complexity index is 423. The molecule has 3 N–H and O–H groups in total. The number of carbonyl (C=O) groups is 1. The molecule has 0 aromatic heterocycles. The van der Waals surface area contributed by atoms with Crippen LogP contribution < -0.4 is 11.1 Å². The molecule has 0 heterocycles. The number of nitrogens with zero attached hydrogens (tertiary/aromatic N) is 1. The van der Waals surface area contributed by atoms with Gasteiger partial charge >= 0.3 is 0 Å². The van der Waals surface area contributed by atoms with E-state index < -0.39 is 6.04 Å². The molecular weight excluding hydrogens is 250 g/mol. The van der Waals surface area contributed by atoms with Gasteiger partial charge in [0.15, 0.2) is 0 Å². The lowest BCUT2D eigenvalue weighted by Crippen LogP contribution is -2.50. The van der Waals surface area contributed by atoms with Gasteiger partial charge in [-0.2, -0.15) is 0 Å². The Labute approximate surface area is 122 Å². The van der Waals surface area contributed by atoms with Crippen molar-refractivity contribution in [3.05, 3.63) is 35.9 Å². The Morgan fingerprint density at radius 3 is 2.25 bits per heavy atom. The van der Waals surface area contributed by atoms with Crippen molar-refractivity contribution in [3.63, 3.8) is 0 Å². The summed E-state index contributed by atoms with van der Waals surface area (Å²) in [6.45, 7) is 6.47. The molecule has 112 valence electrons. The van der Waals surface area contributed by atoms with E-state index in [1.807, 2.05) is 53.1 Å². The maximum atomic E-state index is 12.1. The van der Waals surface area contributed by atoms with Crippen molar-refractivity contribution in [3.8, 4) is 0 Å². The van der Waals surface area contributed by atoms with Crippen molar-refractivity contribution < 1.29 is 4.79 Å². The van der Waals surface area contributed by atoms with Crippen LogP contribution in [0.15, 0.2) is 30.3 Å². The lowest BCUT2D eigenvalue weighted by molar-refractivity contribution is -0.124. The molecule has 0 aliphatic heterocycles. The summed E-state index contributed by atoms with van der Waals surface area (Å²) in [5.74, 6) is -0.0970. The van der Waals surface area contributed by atoms with E-state index in [1.165, 1.54) is 5.56 Å². The average Bonchev–Trinajstić information content (AvgIpc) is 2.37. The first-order chi connectivity index (χ1) is 9.23. The highest BCUT2D eigenvalue weighted by atomic mass is 16.2. The molecule has 0 aliphatic rings. The van der Waals surface area contributed by atoms with Gasteiger partial charge in [-0.3, -0.25) is 4.79 Å². The number of rotatable bonds is 5. The molecule has 1 aromatic rings. The Hall–Kier alpha value is -1.39. The normalized spacial score (nSPS) is 14.9. The predicted molar refractivity (Wildman–Crippen MR) is 83.3 cm³/mol. The maximum absolute atomic E-state index is 12.1. The van der Waals surface area contributed by atoms with Gasteiger partial charge in [-0.1, -0.05) is 51.1 Å². The van der Waals surface area contributed by atoms with Crippen LogP contribution >= 0.6 is 0 Å². The van der Waals surface area contributed by atoms with E-state index >= 15 is 0 Å². The van der Waals surface area contributed by atoms with E-state index in [2.05, 4.69) is 22.3 Å². The van der Waals surface area contributed by atoms with Crippen LogP contribution in [0.5, 0.6) is 0 Å². The molecule has 0 spiro atoms. The zero-order chi connectivity index (χ0) is 15.3. The molecule has 1 aromatic carbocycles. The zero-order valence-corrected chi connectivity index (χ0v) is 13.2. The van der Waals surface area contributed by atoms with Gasteiger partial charge in [0.05, 0.1) is 12.1 Å². The largest absolute Gasteiger partial charge is 0.353 e. The second-order valence-corrected chi connectivity index (χ2v) is 6.48. The van der Waals surface area contributed by atoms with Crippen molar-refractivity contribution in [1.82, 2.24) is 10.2 Å². The number of hydrogen-bond acceptors (Lipinski definition) is 3. The molecule has 1 amide bonds. The van der Waals surface area contributed by atoms with Gasteiger partial charge < -0.3 is 16.0 Å². The van der Waals surface area contributed by atoms with Gasteiger partial charge in [-0.25, -0.2) is 0 Å². The highest BCUT2D eigenvalue weighted by Gasteiger charge is 2.28. The van der Waals surface area contributed by atoms with Gasteiger partial charge in [-0.15, -0.1) is 0 Å². The minimum atomic E-state index is -0.499. The zero-order valence-electron chi connectivity index (χ0n) is 13.2. The Morgan fingerprint density at radius 1 is 1.25 bits per heavy atom. The highest BCUT2D eigenvalue weighted by Crippen LogP contribution is 2.19. The number of hydrogen-bond donors (Lipinski definition) is 2. The van der Waals surface area contributed by atoms with Crippen LogP contribution in [0.3, 0.4) is 0 Å². The van der Waals surface area contributed by atoms with Crippen LogP contribution in [-0.2, 0) is 4.79 Å². The number of nitrogens with one attached hydrogen (secondary N) is 1. The van der Waals surface area contributed by atoms with Crippen molar-refractivity contribution >= 4 is 5.91 Å². The molecule has 0 bridgehead atoms. The van der Waals surface area contributed by atoms with E-state index in [-0.39, 0.29) is 17.4 Å². The monoisotopic (exact) mass is 277 g/mol. The van der Waals surface area contributed by atoms with Gasteiger partial charge in [0.1, 0.15) is 0 Å². The van der Waals surface area contributed by atoms with Crippen molar-refractivity contribution in [2.75, 3.05) is 20.6 Å². The third-order valence-corrected chi connectivity index (χ3v) is 3.49. The Morgan fingerprint density at radius 2 is 1.80 bits per heavy atom. The lowest BCUT2D eigenvalue weighted by atomic mass is 9.87. The fourth-order valence-corrected chi connectivity index (χ4v) is 1.97. The summed E-state index contributed by atoms with van der Waals surface area (Å²) in [6, 6.07) is 9.79. The third-order valence-electron chi connectivity index (χ3n) is 3.49. The van der Waals surface area contributed by atoms with E-state index in [9.17, 15) is 4.79 Å². The summed E-state index contributed by atoms with van der Waals surface area (Å²) in [5, 5.41) is 2.96. The average molecular weight is 277 g/mol. The van der Waals surface area contributed by atoms with Crippen molar-refractivity contribution in [1.29, 1.82) is 0 Å². The first-order valence-electron chi connectivity index (χ1n) is 6.98. The fourth-order valence-electron chi connectivity index (χ4n) is 1.97. The third kappa shape index (κ3) is 4.62. The number of benzene rings is 1. The molecule has 0 radical (unpaired) electrons. The quantitative estimate of drug-likeness (QED) is 0.862. The number of likely N-dealkylation sites (N-methyl/N-ethyl adjacent to an activating group) is 1. The second kappa shape index (κ2) is 6.86. The summed E-state index contributed by atoms with van der Waals surface area (Å²) in [6.07, 6.45) is 0. The first-order valence-corrected chi connectivity index (χ1v) is 6.98. The summed E-state index contributed by atoms with van der Waals surface area (Å²) < 4.78 is 0. The lowest BCUT2D eigenvalue weighted by Gasteiger charge is -2.29. The summed E-state index contributed by atoms with van der Waals surface area (Å²) >= 11 is 0. The smallest absolute Gasteiger partial charge is 0.237 e. The molecule has 2 atom stereocenters. The predicted octanol–water partition coefficient (Wildman–Crippen LogP) is 1.78. The topological polar surface area (TPSA) is 58.4 Å². The van der Waals surface area contributed by atoms with Crippen molar-refractivity contribution in [2.24, 2.45) is 11.1 Å². The minimum Gasteiger partial charge on any atom is -0.353 e. The number of carbonyl (C=O) groups excluding carboxylic acids is 1. The molecule has 4 nitrogen and oxygen atoms in total. The van der Waals surface area contributed by atoms with Crippen LogP contribution in [0, 0.1) is 5.41 Å². The molecule has 0 saturated carbocycles. The molecular formula is C16H27N3O. The second-order valence-electron chi connectivity index (χ2n) is 6.48. The SMILES string of the molecule is CN(C)C(CNC(=O)[C@H](N)C(C)(C)C)c1ccccc1. The molecule has 0 saturated heterocycles. The van der Waals surface area contributed by atoms with Crippen LogP contribution in [-0.4, -0.2) is 37.5 Å². The first kappa shape index (κ1) is 16.7. The minimum absolute atomic E-state index is 0.0970. The molecule has 0 fully saturated rings. The van der Waals surface area contributed by atoms with Crippen LogP contribution in [0.4, 0.5) is 0 Å². The van der Waals surface area contributed by atoms with E-state index in [4.69, 9.17) is 5.73 Å². The van der Waals surface area contributed by atoms with Gasteiger partial charge in [0, 0.05) is 6.54 Å². The van der Waals surface area contributed by atoms with E-state index in [0.29, 0.717) is 6.54 Å². The molecule has 20 heavy (non-hydrogen) atoms. The summed E-state index contributed by atoms with van der Waals surface area (Å²) in [5.41, 5.74) is 6.92. The number of amides is 1. The molecule has 0 aliphatic carbocycles. The van der Waals surface area contributed by atoms with Crippen LogP contribution in [0.2, 0.25) is 0 Å². The van der Waals surface area contributed by atoms with Gasteiger partial charge in [-0.05, 0) is 25.1 Å². The highest BCUT2D eigenvalue weighted by molar-refractivity contribution is 5.82. The van der Waals surface area contributed by atoms with Gasteiger partial charge in [0.2, 0.25) is 5.91 Å². The van der Waals surface area contributed by atoms with Crippen molar-refractivity contribution in [2.45, 2.75) is 32.9 Å². The Balaban J connectivity index is 2.68. The maximum Gasteiger partial charge on any atom is 0.237 e. The summed E-state index contributed by atoms with van der Waals surface area (Å²) in [4.78, 5) is 14.2.